The molecule has 2 rings (SSSR count). The van der Waals surface area contributed by atoms with Gasteiger partial charge in [0.25, 0.3) is 5.91 Å². The predicted molar refractivity (Wildman–Crippen MR) is 98.9 cm³/mol. The van der Waals surface area contributed by atoms with Crippen LogP contribution in [-0.2, 0) is 9.59 Å². The molecule has 0 unspecified atom stereocenters. The van der Waals surface area contributed by atoms with E-state index < -0.39 is 11.7 Å². The zero-order chi connectivity index (χ0) is 19.1. The van der Waals surface area contributed by atoms with E-state index in [1.807, 2.05) is 0 Å². The summed E-state index contributed by atoms with van der Waals surface area (Å²) in [6, 6.07) is 11.1. The van der Waals surface area contributed by atoms with Crippen molar-refractivity contribution < 1.29 is 23.5 Å². The minimum Gasteiger partial charge on any atom is -0.497 e. The van der Waals surface area contributed by atoms with E-state index in [4.69, 9.17) is 9.47 Å². The largest absolute Gasteiger partial charge is 0.497 e. The third kappa shape index (κ3) is 5.73. The fourth-order valence-corrected chi connectivity index (χ4v) is 2.38. The van der Waals surface area contributed by atoms with Gasteiger partial charge in [-0.1, -0.05) is 22.0 Å². The first-order chi connectivity index (χ1) is 12.4. The average Bonchev–Trinajstić information content (AvgIpc) is 2.60. The molecule has 2 aromatic rings. The molecule has 0 heterocycles. The normalized spacial score (nSPS) is 10.2. The molecule has 0 saturated carbocycles. The molecule has 0 aromatic heterocycles. The summed E-state index contributed by atoms with van der Waals surface area (Å²) in [7, 11) is 3.00. The lowest BCUT2D eigenvalue weighted by Crippen LogP contribution is -2.37. The molecule has 0 bridgehead atoms. The van der Waals surface area contributed by atoms with Crippen LogP contribution in [0.25, 0.3) is 0 Å². The van der Waals surface area contributed by atoms with Gasteiger partial charge in [-0.15, -0.1) is 0 Å². The first-order valence-electron chi connectivity index (χ1n) is 7.64. The number of hydrogen-bond acceptors (Lipinski definition) is 4. The number of carbonyl (C=O) groups excluding carboxylic acids is 2. The molecule has 0 aliphatic heterocycles. The van der Waals surface area contributed by atoms with Crippen LogP contribution in [0.5, 0.6) is 11.5 Å². The first kappa shape index (κ1) is 19.7. The number of hydrogen-bond donors (Lipinski definition) is 1. The zero-order valence-electron chi connectivity index (χ0n) is 14.3. The molecule has 2 aromatic carbocycles. The minimum absolute atomic E-state index is 0.0317. The molecule has 0 saturated heterocycles. The Morgan fingerprint density at radius 3 is 2.69 bits per heavy atom. The summed E-state index contributed by atoms with van der Waals surface area (Å²) in [5.74, 6) is -0.824. The molecule has 8 heteroatoms. The van der Waals surface area contributed by atoms with Crippen molar-refractivity contribution in [3.63, 3.8) is 0 Å². The third-order valence-electron chi connectivity index (χ3n) is 3.41. The molecule has 0 radical (unpaired) electrons. The van der Waals surface area contributed by atoms with E-state index >= 15 is 0 Å². The summed E-state index contributed by atoms with van der Waals surface area (Å²) in [5, 5.41) is 2.67. The predicted octanol–water partition coefficient (Wildman–Crippen LogP) is 3.07. The number of rotatable bonds is 7. The smallest absolute Gasteiger partial charge is 0.260 e. The molecule has 0 fully saturated rings. The monoisotopic (exact) mass is 424 g/mol. The number of methoxy groups -OCH3 is 1. The fourth-order valence-electron chi connectivity index (χ4n) is 2.05. The van der Waals surface area contributed by atoms with E-state index in [-0.39, 0.29) is 24.8 Å². The number of ether oxygens (including phenoxy) is 2. The van der Waals surface area contributed by atoms with Gasteiger partial charge in [0.05, 0.1) is 13.7 Å². The number of anilines is 1. The summed E-state index contributed by atoms with van der Waals surface area (Å²) in [6.45, 7) is -0.538. The molecule has 138 valence electrons. The van der Waals surface area contributed by atoms with E-state index in [2.05, 4.69) is 21.2 Å². The highest BCUT2D eigenvalue weighted by molar-refractivity contribution is 9.10. The van der Waals surface area contributed by atoms with Crippen molar-refractivity contribution in [1.82, 2.24) is 4.90 Å². The van der Waals surface area contributed by atoms with Crippen LogP contribution in [0.2, 0.25) is 0 Å². The SMILES string of the molecule is COc1cccc(NC(=O)CN(C)C(=O)COc2ccc(Br)cc2F)c1. The van der Waals surface area contributed by atoms with Crippen LogP contribution in [0.4, 0.5) is 10.1 Å². The van der Waals surface area contributed by atoms with Crippen LogP contribution in [0.15, 0.2) is 46.9 Å². The summed E-state index contributed by atoms with van der Waals surface area (Å²) in [6.07, 6.45) is 0. The Kier molecular flexibility index (Phi) is 6.97. The highest BCUT2D eigenvalue weighted by Crippen LogP contribution is 2.21. The van der Waals surface area contributed by atoms with E-state index in [9.17, 15) is 14.0 Å². The van der Waals surface area contributed by atoms with Gasteiger partial charge in [0, 0.05) is 23.3 Å². The number of carbonyl (C=O) groups is 2. The van der Waals surface area contributed by atoms with Gasteiger partial charge in [-0.3, -0.25) is 9.59 Å². The molecule has 26 heavy (non-hydrogen) atoms. The maximum atomic E-state index is 13.7. The van der Waals surface area contributed by atoms with Crippen LogP contribution < -0.4 is 14.8 Å². The van der Waals surface area contributed by atoms with Crippen molar-refractivity contribution in [2.45, 2.75) is 0 Å². The number of likely N-dealkylation sites (N-methyl/N-ethyl adjacent to an activating group) is 1. The van der Waals surface area contributed by atoms with Gasteiger partial charge in [-0.25, -0.2) is 4.39 Å². The standard InChI is InChI=1S/C18H18BrFN2O4/c1-22(10-17(23)21-13-4-3-5-14(9-13)25-2)18(24)11-26-16-7-6-12(19)8-15(16)20/h3-9H,10-11H2,1-2H3,(H,21,23). The van der Waals surface area contributed by atoms with Crippen molar-refractivity contribution >= 4 is 33.4 Å². The quantitative estimate of drug-likeness (QED) is 0.741. The molecule has 0 aliphatic rings. The van der Waals surface area contributed by atoms with E-state index in [1.54, 1.807) is 30.3 Å². The highest BCUT2D eigenvalue weighted by atomic mass is 79.9. The fraction of sp³-hybridized carbons (Fsp3) is 0.222. The van der Waals surface area contributed by atoms with Gasteiger partial charge in [-0.05, 0) is 30.3 Å². The van der Waals surface area contributed by atoms with Gasteiger partial charge in [0.1, 0.15) is 5.75 Å². The van der Waals surface area contributed by atoms with Crippen molar-refractivity contribution in [1.29, 1.82) is 0 Å². The van der Waals surface area contributed by atoms with Gasteiger partial charge < -0.3 is 19.7 Å². The summed E-state index contributed by atoms with van der Waals surface area (Å²) < 4.78 is 24.5. The van der Waals surface area contributed by atoms with Gasteiger partial charge in [-0.2, -0.15) is 0 Å². The second-order valence-corrected chi connectivity index (χ2v) is 6.31. The first-order valence-corrected chi connectivity index (χ1v) is 8.44. The molecular weight excluding hydrogens is 407 g/mol. The zero-order valence-corrected chi connectivity index (χ0v) is 15.9. The Hall–Kier alpha value is -2.61. The van der Waals surface area contributed by atoms with Crippen LogP contribution in [0, 0.1) is 5.82 Å². The average molecular weight is 425 g/mol. The van der Waals surface area contributed by atoms with Crippen molar-refractivity contribution in [3.8, 4) is 11.5 Å². The summed E-state index contributed by atoms with van der Waals surface area (Å²) >= 11 is 3.14. The van der Waals surface area contributed by atoms with Crippen LogP contribution >= 0.6 is 15.9 Å². The molecule has 0 aliphatic carbocycles. The number of benzene rings is 2. The van der Waals surface area contributed by atoms with Crippen molar-refractivity contribution in [3.05, 3.63) is 52.8 Å². The van der Waals surface area contributed by atoms with Crippen molar-refractivity contribution in [2.75, 3.05) is 32.6 Å². The molecular formula is C18H18BrFN2O4. The maximum absolute atomic E-state index is 13.7. The lowest BCUT2D eigenvalue weighted by atomic mass is 10.3. The Morgan fingerprint density at radius 1 is 1.23 bits per heavy atom. The number of nitrogens with zero attached hydrogens (tertiary/aromatic N) is 1. The Labute approximate surface area is 159 Å². The molecule has 2 amide bonds. The number of amides is 2. The number of halogens is 2. The Balaban J connectivity index is 1.84. The van der Waals surface area contributed by atoms with Gasteiger partial charge in [0.2, 0.25) is 5.91 Å². The van der Waals surface area contributed by atoms with Crippen LogP contribution in [0.3, 0.4) is 0 Å². The number of nitrogens with one attached hydrogen (secondary N) is 1. The van der Waals surface area contributed by atoms with Crippen molar-refractivity contribution in [2.24, 2.45) is 0 Å². The second kappa shape index (κ2) is 9.19. The summed E-state index contributed by atoms with van der Waals surface area (Å²) in [4.78, 5) is 25.3. The maximum Gasteiger partial charge on any atom is 0.260 e. The van der Waals surface area contributed by atoms with E-state index in [0.29, 0.717) is 15.9 Å². The molecule has 0 spiro atoms. The van der Waals surface area contributed by atoms with Crippen LogP contribution in [-0.4, -0.2) is 44.0 Å². The molecule has 6 nitrogen and oxygen atoms in total. The Morgan fingerprint density at radius 2 is 2.00 bits per heavy atom. The summed E-state index contributed by atoms with van der Waals surface area (Å²) in [5.41, 5.74) is 0.559. The lowest BCUT2D eigenvalue weighted by molar-refractivity contribution is -0.135. The molecule has 1 N–H and O–H groups in total. The van der Waals surface area contributed by atoms with E-state index in [0.717, 1.165) is 0 Å². The third-order valence-corrected chi connectivity index (χ3v) is 3.90. The minimum atomic E-state index is -0.578. The highest BCUT2D eigenvalue weighted by Gasteiger charge is 2.15. The van der Waals surface area contributed by atoms with E-state index in [1.165, 1.54) is 31.2 Å². The topological polar surface area (TPSA) is 67.9 Å². The second-order valence-electron chi connectivity index (χ2n) is 5.39. The molecule has 0 atom stereocenters. The van der Waals surface area contributed by atoms with Crippen LogP contribution in [0.1, 0.15) is 0 Å². The Bertz CT molecular complexity index is 801. The van der Waals surface area contributed by atoms with Gasteiger partial charge >= 0.3 is 0 Å². The lowest BCUT2D eigenvalue weighted by Gasteiger charge is -2.17. The van der Waals surface area contributed by atoms with Gasteiger partial charge in [0.15, 0.2) is 18.2 Å².